The summed E-state index contributed by atoms with van der Waals surface area (Å²) in [7, 11) is 3.98. The van der Waals surface area contributed by atoms with Crippen LogP contribution in [0.5, 0.6) is 11.6 Å². The van der Waals surface area contributed by atoms with Crippen LogP contribution in [0.2, 0.25) is 0 Å². The Bertz CT molecular complexity index is 1140. The highest BCUT2D eigenvalue weighted by atomic mass is 16.5. The third kappa shape index (κ3) is 5.37. The number of piperazine rings is 1. The highest BCUT2D eigenvalue weighted by Crippen LogP contribution is 2.29. The van der Waals surface area contributed by atoms with Gasteiger partial charge in [-0.2, -0.15) is 4.98 Å². The number of hydrogen-bond donors (Lipinski definition) is 3. The zero-order valence-electron chi connectivity index (χ0n) is 19.8. The van der Waals surface area contributed by atoms with E-state index in [2.05, 4.69) is 49.6 Å². The minimum absolute atomic E-state index is 0.0799. The second-order valence-corrected chi connectivity index (χ2v) is 8.23. The summed E-state index contributed by atoms with van der Waals surface area (Å²) >= 11 is 0. The number of nitrogens with zero attached hydrogens (tertiary/aromatic N) is 4. The molecule has 0 atom stereocenters. The number of rotatable bonds is 8. The number of aryl methyl sites for hydroxylation is 1. The van der Waals surface area contributed by atoms with Gasteiger partial charge >= 0.3 is 0 Å². The predicted octanol–water partition coefficient (Wildman–Crippen LogP) is 3.47. The van der Waals surface area contributed by atoms with E-state index < -0.39 is 5.91 Å². The lowest BCUT2D eigenvalue weighted by atomic mass is 10.2. The molecule has 0 spiro atoms. The van der Waals surface area contributed by atoms with E-state index in [1.807, 2.05) is 50.4 Å². The Morgan fingerprint density at radius 2 is 1.79 bits per heavy atom. The monoisotopic (exact) mass is 461 g/mol. The van der Waals surface area contributed by atoms with E-state index in [1.54, 1.807) is 0 Å². The number of likely N-dealkylation sites (N-methyl/N-ethyl adjacent to an activating group) is 1. The van der Waals surface area contributed by atoms with Crippen molar-refractivity contribution in [3.63, 3.8) is 0 Å². The van der Waals surface area contributed by atoms with Crippen molar-refractivity contribution in [1.29, 1.82) is 0 Å². The van der Waals surface area contributed by atoms with Gasteiger partial charge in [-0.25, -0.2) is 4.98 Å². The molecule has 1 aliphatic rings. The first kappa shape index (κ1) is 23.3. The summed E-state index contributed by atoms with van der Waals surface area (Å²) < 4.78 is 6.05. The number of nitrogens with two attached hydrogens (primary N) is 1. The Labute approximate surface area is 199 Å². The first-order chi connectivity index (χ1) is 16.5. The number of aromatic nitrogens is 2. The highest BCUT2D eigenvalue weighted by molar-refractivity contribution is 5.96. The lowest BCUT2D eigenvalue weighted by Gasteiger charge is -2.34. The van der Waals surface area contributed by atoms with Gasteiger partial charge in [0, 0.05) is 56.4 Å². The zero-order valence-corrected chi connectivity index (χ0v) is 19.8. The van der Waals surface area contributed by atoms with Gasteiger partial charge in [-0.1, -0.05) is 13.0 Å². The van der Waals surface area contributed by atoms with Crippen LogP contribution in [-0.4, -0.2) is 61.0 Å². The van der Waals surface area contributed by atoms with Gasteiger partial charge in [0.15, 0.2) is 11.5 Å². The van der Waals surface area contributed by atoms with Crippen molar-refractivity contribution in [3.05, 3.63) is 59.9 Å². The Kier molecular flexibility index (Phi) is 7.12. The standard InChI is InChI=1S/C25H31N7O2/c1-4-21-25(34-20-7-5-6-18(16-20)27-2)30-24(22(29-21)23(26)33)28-17-8-10-19(11-9-17)32-14-12-31(3)13-15-32/h5-11,16,27H,4,12-15H2,1-3H3,(H2,26,33)(H,28,30). The summed E-state index contributed by atoms with van der Waals surface area (Å²) in [6.45, 7) is 6.00. The summed E-state index contributed by atoms with van der Waals surface area (Å²) in [6, 6.07) is 15.6. The van der Waals surface area contributed by atoms with E-state index in [9.17, 15) is 4.79 Å². The Morgan fingerprint density at radius 3 is 2.44 bits per heavy atom. The molecule has 1 fully saturated rings. The molecule has 0 aliphatic carbocycles. The topological polar surface area (TPSA) is 109 Å². The third-order valence-corrected chi connectivity index (χ3v) is 5.84. The maximum atomic E-state index is 12.1. The van der Waals surface area contributed by atoms with Crippen molar-refractivity contribution in [2.24, 2.45) is 5.73 Å². The van der Waals surface area contributed by atoms with Crippen LogP contribution in [0.15, 0.2) is 48.5 Å². The Hall–Kier alpha value is -3.85. The summed E-state index contributed by atoms with van der Waals surface area (Å²) in [6.07, 6.45) is 0.536. The van der Waals surface area contributed by atoms with Crippen LogP contribution in [0.4, 0.5) is 22.9 Å². The molecule has 34 heavy (non-hydrogen) atoms. The van der Waals surface area contributed by atoms with Crippen LogP contribution in [0.1, 0.15) is 23.1 Å². The number of carbonyl (C=O) groups is 1. The molecule has 1 saturated heterocycles. The highest BCUT2D eigenvalue weighted by Gasteiger charge is 2.19. The molecule has 2 heterocycles. The van der Waals surface area contributed by atoms with Crippen LogP contribution in [0, 0.1) is 0 Å². The number of ether oxygens (including phenoxy) is 1. The molecular formula is C25H31N7O2. The van der Waals surface area contributed by atoms with Gasteiger partial charge in [-0.3, -0.25) is 4.79 Å². The molecule has 0 bridgehead atoms. The van der Waals surface area contributed by atoms with Gasteiger partial charge < -0.3 is 30.9 Å². The van der Waals surface area contributed by atoms with Gasteiger partial charge in [0.1, 0.15) is 11.4 Å². The zero-order chi connectivity index (χ0) is 24.1. The van der Waals surface area contributed by atoms with E-state index in [4.69, 9.17) is 10.5 Å². The van der Waals surface area contributed by atoms with Crippen LogP contribution in [-0.2, 0) is 6.42 Å². The van der Waals surface area contributed by atoms with Gasteiger partial charge in [0.25, 0.3) is 5.91 Å². The first-order valence-electron chi connectivity index (χ1n) is 11.4. The van der Waals surface area contributed by atoms with E-state index >= 15 is 0 Å². The second-order valence-electron chi connectivity index (χ2n) is 8.23. The quantitative estimate of drug-likeness (QED) is 0.468. The molecule has 4 N–H and O–H groups in total. The van der Waals surface area contributed by atoms with Crippen LogP contribution in [0.3, 0.4) is 0 Å². The number of anilines is 4. The molecule has 4 rings (SSSR count). The molecule has 1 aliphatic heterocycles. The maximum Gasteiger partial charge on any atom is 0.271 e. The average Bonchev–Trinajstić information content (AvgIpc) is 2.85. The molecule has 2 aromatic carbocycles. The summed E-state index contributed by atoms with van der Waals surface area (Å²) in [5.41, 5.74) is 9.11. The van der Waals surface area contributed by atoms with Gasteiger partial charge in [0.05, 0.1) is 0 Å². The molecule has 0 radical (unpaired) electrons. The summed E-state index contributed by atoms with van der Waals surface area (Å²) in [5.74, 6) is 0.557. The number of amides is 1. The van der Waals surface area contributed by atoms with Gasteiger partial charge in [-0.15, -0.1) is 0 Å². The number of carbonyl (C=O) groups excluding carboxylic acids is 1. The normalized spacial score (nSPS) is 14.0. The second kappa shape index (κ2) is 10.4. The lowest BCUT2D eigenvalue weighted by molar-refractivity contribution is 0.0996. The fraction of sp³-hybridized carbons (Fsp3) is 0.320. The lowest BCUT2D eigenvalue weighted by Crippen LogP contribution is -2.44. The van der Waals surface area contributed by atoms with Gasteiger partial charge in [-0.05, 0) is 49.9 Å². The smallest absolute Gasteiger partial charge is 0.271 e. The minimum Gasteiger partial charge on any atom is -0.437 e. The van der Waals surface area contributed by atoms with Crippen molar-refractivity contribution >= 4 is 28.8 Å². The molecule has 0 unspecified atom stereocenters. The average molecular weight is 462 g/mol. The van der Waals surface area contributed by atoms with Crippen molar-refractivity contribution in [1.82, 2.24) is 14.9 Å². The van der Waals surface area contributed by atoms with Crippen molar-refractivity contribution < 1.29 is 9.53 Å². The van der Waals surface area contributed by atoms with E-state index in [-0.39, 0.29) is 11.5 Å². The molecule has 9 heteroatoms. The molecular weight excluding hydrogens is 430 g/mol. The molecule has 1 aromatic heterocycles. The largest absolute Gasteiger partial charge is 0.437 e. The summed E-state index contributed by atoms with van der Waals surface area (Å²) in [4.78, 5) is 25.9. The Morgan fingerprint density at radius 1 is 1.06 bits per heavy atom. The number of hydrogen-bond acceptors (Lipinski definition) is 8. The molecule has 178 valence electrons. The fourth-order valence-electron chi connectivity index (χ4n) is 3.81. The molecule has 0 saturated carbocycles. The number of benzene rings is 2. The van der Waals surface area contributed by atoms with Crippen LogP contribution >= 0.6 is 0 Å². The minimum atomic E-state index is -0.650. The third-order valence-electron chi connectivity index (χ3n) is 5.84. The van der Waals surface area contributed by atoms with Gasteiger partial charge in [0.2, 0.25) is 5.88 Å². The SMILES string of the molecule is CCc1nc(C(N)=O)c(Nc2ccc(N3CCN(C)CC3)cc2)nc1Oc1cccc(NC)c1. The van der Waals surface area contributed by atoms with E-state index in [0.29, 0.717) is 23.7 Å². The predicted molar refractivity (Wildman–Crippen MR) is 135 cm³/mol. The fourth-order valence-corrected chi connectivity index (χ4v) is 3.81. The first-order valence-corrected chi connectivity index (χ1v) is 11.4. The number of nitrogens with one attached hydrogen (secondary N) is 2. The Balaban J connectivity index is 1.59. The molecule has 9 nitrogen and oxygen atoms in total. The van der Waals surface area contributed by atoms with E-state index in [1.165, 1.54) is 0 Å². The van der Waals surface area contributed by atoms with Crippen molar-refractivity contribution in [2.45, 2.75) is 13.3 Å². The molecule has 3 aromatic rings. The van der Waals surface area contributed by atoms with Crippen molar-refractivity contribution in [2.75, 3.05) is 55.8 Å². The molecule has 1 amide bonds. The van der Waals surface area contributed by atoms with Crippen LogP contribution in [0.25, 0.3) is 0 Å². The number of primary amides is 1. The van der Waals surface area contributed by atoms with E-state index in [0.717, 1.165) is 43.2 Å². The van der Waals surface area contributed by atoms with Crippen LogP contribution < -0.4 is 26.0 Å². The maximum absolute atomic E-state index is 12.1. The summed E-state index contributed by atoms with van der Waals surface area (Å²) in [5, 5.41) is 6.28. The van der Waals surface area contributed by atoms with Crippen molar-refractivity contribution in [3.8, 4) is 11.6 Å².